The van der Waals surface area contributed by atoms with Gasteiger partial charge in [-0.3, -0.25) is 15.4 Å². The van der Waals surface area contributed by atoms with Crippen molar-refractivity contribution in [1.82, 2.24) is 4.90 Å². The van der Waals surface area contributed by atoms with Crippen molar-refractivity contribution in [3.63, 3.8) is 0 Å². The minimum Gasteiger partial charge on any atom is -0.379 e. The lowest BCUT2D eigenvalue weighted by molar-refractivity contribution is -0.136. The predicted molar refractivity (Wildman–Crippen MR) is 113 cm³/mol. The van der Waals surface area contributed by atoms with Gasteiger partial charge in [0.1, 0.15) is 5.78 Å². The average molecular weight is 391 g/mol. The Morgan fingerprint density at radius 2 is 1.71 bits per heavy atom. The highest BCUT2D eigenvalue weighted by Gasteiger charge is 2.40. The van der Waals surface area contributed by atoms with Crippen LogP contribution in [0.5, 0.6) is 0 Å². The molecule has 5 nitrogen and oxygen atoms in total. The van der Waals surface area contributed by atoms with E-state index in [0.717, 1.165) is 25.9 Å². The second kappa shape index (κ2) is 12.3. The lowest BCUT2D eigenvalue weighted by Gasteiger charge is -2.37. The average Bonchev–Trinajstić information content (AvgIpc) is 2.72. The zero-order valence-corrected chi connectivity index (χ0v) is 17.4. The van der Waals surface area contributed by atoms with Gasteiger partial charge in [-0.25, -0.2) is 0 Å². The van der Waals surface area contributed by atoms with Gasteiger partial charge in [0.25, 0.3) is 0 Å². The summed E-state index contributed by atoms with van der Waals surface area (Å²) in [4.78, 5) is 15.3. The number of nitrogens with zero attached hydrogens (tertiary/aromatic N) is 1. The van der Waals surface area contributed by atoms with Crippen molar-refractivity contribution in [1.29, 1.82) is 0 Å². The van der Waals surface area contributed by atoms with Crippen LogP contribution in [0.15, 0.2) is 30.3 Å². The Kier molecular flexibility index (Phi) is 10.1. The van der Waals surface area contributed by atoms with Gasteiger partial charge in [-0.05, 0) is 12.0 Å². The van der Waals surface area contributed by atoms with Crippen LogP contribution in [0.3, 0.4) is 0 Å². The fourth-order valence-electron chi connectivity index (χ4n) is 3.87. The monoisotopic (exact) mass is 390 g/mol. The number of unbranched alkanes of at least 4 members (excludes halogenated alkanes) is 6. The summed E-state index contributed by atoms with van der Waals surface area (Å²) in [6.45, 7) is 5.55. The second-order valence-electron chi connectivity index (χ2n) is 7.99. The first-order chi connectivity index (χ1) is 13.6. The minimum absolute atomic E-state index is 0.0638. The molecule has 2 unspecified atom stereocenters. The number of Topliss-reactive ketones (excluding diaryl/α,β-unsaturated/α-hetero) is 1. The van der Waals surface area contributed by atoms with E-state index < -0.39 is 11.6 Å². The zero-order chi connectivity index (χ0) is 20.2. The maximum Gasteiger partial charge on any atom is 0.150 e. The Morgan fingerprint density at radius 1 is 1.11 bits per heavy atom. The van der Waals surface area contributed by atoms with E-state index in [1.165, 1.54) is 32.1 Å². The molecule has 2 rings (SSSR count). The molecule has 3 N–H and O–H groups in total. The second-order valence-corrected chi connectivity index (χ2v) is 7.99. The molecular formula is C23H38N2O3. The topological polar surface area (TPSA) is 75.8 Å². The van der Waals surface area contributed by atoms with Crippen molar-refractivity contribution in [2.45, 2.75) is 64.0 Å². The maximum absolute atomic E-state index is 13.1. The molecule has 1 aromatic carbocycles. The summed E-state index contributed by atoms with van der Waals surface area (Å²) in [7, 11) is 0. The Bertz CT molecular complexity index is 556. The van der Waals surface area contributed by atoms with Crippen molar-refractivity contribution in [2.24, 2.45) is 11.7 Å². The van der Waals surface area contributed by atoms with Crippen LogP contribution in [-0.4, -0.2) is 48.6 Å². The van der Waals surface area contributed by atoms with E-state index in [4.69, 9.17) is 10.5 Å². The Labute approximate surface area is 170 Å². The first-order valence-electron chi connectivity index (χ1n) is 10.9. The Hall–Kier alpha value is -1.27. The fourth-order valence-corrected chi connectivity index (χ4v) is 3.87. The van der Waals surface area contributed by atoms with Crippen molar-refractivity contribution >= 4 is 5.78 Å². The number of aliphatic hydroxyl groups is 1. The van der Waals surface area contributed by atoms with Crippen molar-refractivity contribution < 1.29 is 14.6 Å². The Balaban J connectivity index is 1.96. The number of nitrogens with two attached hydrogens (primary N) is 1. The van der Waals surface area contributed by atoms with E-state index in [9.17, 15) is 9.90 Å². The van der Waals surface area contributed by atoms with E-state index in [2.05, 4.69) is 11.8 Å². The first kappa shape index (κ1) is 23.0. The SMILES string of the molecule is CCCCCCCCCC(=O)C(CN1CCOCC1)C(N)(O)c1ccccc1. The molecule has 2 atom stereocenters. The van der Waals surface area contributed by atoms with E-state index in [0.29, 0.717) is 31.7 Å². The summed E-state index contributed by atoms with van der Waals surface area (Å²) in [6.07, 6.45) is 8.64. The maximum atomic E-state index is 13.1. The van der Waals surface area contributed by atoms with Crippen molar-refractivity contribution in [3.05, 3.63) is 35.9 Å². The number of morpholine rings is 1. The normalized spacial score (nSPS) is 18.5. The molecule has 1 fully saturated rings. The summed E-state index contributed by atoms with van der Waals surface area (Å²) in [5, 5.41) is 11.1. The van der Waals surface area contributed by atoms with Gasteiger partial charge in [-0.1, -0.05) is 75.8 Å². The Morgan fingerprint density at radius 3 is 2.36 bits per heavy atom. The van der Waals surface area contributed by atoms with Crippen LogP contribution >= 0.6 is 0 Å². The number of ketones is 1. The fraction of sp³-hybridized carbons (Fsp3) is 0.696. The highest BCUT2D eigenvalue weighted by molar-refractivity contribution is 5.82. The van der Waals surface area contributed by atoms with Gasteiger partial charge in [-0.15, -0.1) is 0 Å². The quantitative estimate of drug-likeness (QED) is 0.398. The number of hydrogen-bond donors (Lipinski definition) is 2. The first-order valence-corrected chi connectivity index (χ1v) is 10.9. The molecular weight excluding hydrogens is 352 g/mol. The molecule has 0 bridgehead atoms. The molecule has 28 heavy (non-hydrogen) atoms. The largest absolute Gasteiger partial charge is 0.379 e. The lowest BCUT2D eigenvalue weighted by atomic mass is 9.84. The molecule has 0 aliphatic carbocycles. The molecule has 0 saturated carbocycles. The van der Waals surface area contributed by atoms with Crippen LogP contribution in [0.4, 0.5) is 0 Å². The molecule has 1 saturated heterocycles. The third-order valence-electron chi connectivity index (χ3n) is 5.73. The molecule has 0 aromatic heterocycles. The minimum atomic E-state index is -1.65. The molecule has 0 radical (unpaired) electrons. The number of ether oxygens (including phenoxy) is 1. The molecule has 1 aliphatic rings. The molecule has 1 heterocycles. The predicted octanol–water partition coefficient (Wildman–Crippen LogP) is 3.45. The molecule has 0 amide bonds. The van der Waals surface area contributed by atoms with Crippen molar-refractivity contribution in [2.75, 3.05) is 32.8 Å². The number of carbonyl (C=O) groups excluding carboxylic acids is 1. The highest BCUT2D eigenvalue weighted by atomic mass is 16.5. The lowest BCUT2D eigenvalue weighted by Crippen LogP contribution is -2.53. The summed E-state index contributed by atoms with van der Waals surface area (Å²) >= 11 is 0. The summed E-state index contributed by atoms with van der Waals surface area (Å²) in [5.41, 5.74) is 5.31. The van der Waals surface area contributed by atoms with E-state index >= 15 is 0 Å². The number of carbonyl (C=O) groups is 1. The van der Waals surface area contributed by atoms with Crippen LogP contribution in [0.2, 0.25) is 0 Å². The van der Waals surface area contributed by atoms with E-state index in [-0.39, 0.29) is 5.78 Å². The van der Waals surface area contributed by atoms with Gasteiger partial charge in [0.05, 0.1) is 19.1 Å². The summed E-state index contributed by atoms with van der Waals surface area (Å²) in [5.74, 6) is -0.568. The third-order valence-corrected chi connectivity index (χ3v) is 5.73. The molecule has 1 aliphatic heterocycles. The molecule has 0 spiro atoms. The van der Waals surface area contributed by atoms with Crippen molar-refractivity contribution in [3.8, 4) is 0 Å². The van der Waals surface area contributed by atoms with Gasteiger partial charge >= 0.3 is 0 Å². The van der Waals surface area contributed by atoms with Crippen LogP contribution in [-0.2, 0) is 15.3 Å². The van der Waals surface area contributed by atoms with Gasteiger partial charge in [0.2, 0.25) is 0 Å². The highest BCUT2D eigenvalue weighted by Crippen LogP contribution is 2.28. The van der Waals surface area contributed by atoms with E-state index in [1.54, 1.807) is 12.1 Å². The third kappa shape index (κ3) is 7.28. The van der Waals surface area contributed by atoms with E-state index in [1.807, 2.05) is 18.2 Å². The summed E-state index contributed by atoms with van der Waals surface area (Å²) in [6, 6.07) is 9.18. The molecule has 1 aromatic rings. The molecule has 5 heteroatoms. The zero-order valence-electron chi connectivity index (χ0n) is 17.4. The van der Waals surface area contributed by atoms with Crippen LogP contribution < -0.4 is 5.73 Å². The van der Waals surface area contributed by atoms with Crippen LogP contribution in [0.1, 0.15) is 63.9 Å². The number of benzene rings is 1. The van der Waals surface area contributed by atoms with Gasteiger partial charge in [0, 0.05) is 26.1 Å². The smallest absolute Gasteiger partial charge is 0.150 e. The molecule has 158 valence electrons. The van der Waals surface area contributed by atoms with Gasteiger partial charge in [0.15, 0.2) is 5.72 Å². The van der Waals surface area contributed by atoms with Crippen LogP contribution in [0.25, 0.3) is 0 Å². The standard InChI is InChI=1S/C23H38N2O3/c1-2-3-4-5-6-7-11-14-22(26)21(19-25-15-17-28-18-16-25)23(24,27)20-12-9-8-10-13-20/h8-10,12-13,21,27H,2-7,11,14-19,24H2,1H3. The number of rotatable bonds is 13. The number of hydrogen-bond acceptors (Lipinski definition) is 5. The van der Waals surface area contributed by atoms with Gasteiger partial charge in [-0.2, -0.15) is 0 Å². The van der Waals surface area contributed by atoms with Crippen LogP contribution in [0, 0.1) is 5.92 Å². The summed E-state index contributed by atoms with van der Waals surface area (Å²) < 4.78 is 5.41. The van der Waals surface area contributed by atoms with Gasteiger partial charge < -0.3 is 9.84 Å².